The molecule has 2 aromatic rings. The van der Waals surface area contributed by atoms with Crippen LogP contribution in [0.25, 0.3) is 11.7 Å². The third-order valence-electron chi connectivity index (χ3n) is 4.17. The van der Waals surface area contributed by atoms with Crippen molar-refractivity contribution < 1.29 is 9.90 Å². The molecule has 4 N–H and O–H groups in total. The Labute approximate surface area is 151 Å². The number of aromatic nitrogens is 3. The van der Waals surface area contributed by atoms with Crippen molar-refractivity contribution in [3.8, 4) is 5.88 Å². The number of carbonyl (C=O) groups is 1. The SMILES string of the molecule is C/C=C/c1c(N)nn2c(=O)c(C(=O)NC3CC3)c(O)n(CC(C)(C)C)c12. The van der Waals surface area contributed by atoms with E-state index in [0.717, 1.165) is 17.4 Å². The molecule has 1 fully saturated rings. The molecule has 8 heteroatoms. The van der Waals surface area contributed by atoms with Gasteiger partial charge in [0.05, 0.1) is 5.56 Å². The second-order valence-corrected chi connectivity index (χ2v) is 7.93. The van der Waals surface area contributed by atoms with E-state index in [-0.39, 0.29) is 28.7 Å². The van der Waals surface area contributed by atoms with Gasteiger partial charge in [-0.3, -0.25) is 14.2 Å². The standard InChI is InChI=1S/C18H25N5O3/c1-5-6-11-13(19)21-23-15(11)22(9-18(2,3)4)16(25)12(17(23)26)14(24)20-10-7-8-10/h5-6,10,25H,7-9H2,1-4H3,(H2,19,21)(H,20,24)/b6-5+. The summed E-state index contributed by atoms with van der Waals surface area (Å²) in [5.41, 5.74) is 5.71. The summed E-state index contributed by atoms with van der Waals surface area (Å²) in [7, 11) is 0. The van der Waals surface area contributed by atoms with Crippen LogP contribution in [-0.4, -0.2) is 31.2 Å². The van der Waals surface area contributed by atoms with Crippen LogP contribution in [0, 0.1) is 5.41 Å². The van der Waals surface area contributed by atoms with E-state index in [9.17, 15) is 14.7 Å². The van der Waals surface area contributed by atoms with Crippen molar-refractivity contribution in [2.24, 2.45) is 5.41 Å². The quantitative estimate of drug-likeness (QED) is 0.769. The van der Waals surface area contributed by atoms with Crippen LogP contribution >= 0.6 is 0 Å². The topological polar surface area (TPSA) is 115 Å². The Morgan fingerprint density at radius 3 is 2.62 bits per heavy atom. The van der Waals surface area contributed by atoms with Gasteiger partial charge in [-0.1, -0.05) is 32.9 Å². The Bertz CT molecular complexity index is 958. The Balaban J connectivity index is 2.33. The number of nitrogens with one attached hydrogen (secondary N) is 1. The monoisotopic (exact) mass is 359 g/mol. The van der Waals surface area contributed by atoms with Gasteiger partial charge in [0.15, 0.2) is 17.0 Å². The first-order valence-electron chi connectivity index (χ1n) is 8.71. The molecule has 140 valence electrons. The zero-order valence-electron chi connectivity index (χ0n) is 15.5. The molecule has 2 heterocycles. The van der Waals surface area contributed by atoms with Crippen LogP contribution < -0.4 is 16.6 Å². The number of nitrogens with two attached hydrogens (primary N) is 1. The highest BCUT2D eigenvalue weighted by Gasteiger charge is 2.31. The van der Waals surface area contributed by atoms with E-state index < -0.39 is 11.5 Å². The number of anilines is 1. The molecule has 3 rings (SSSR count). The molecule has 1 aliphatic rings. The number of rotatable bonds is 4. The molecule has 1 amide bonds. The van der Waals surface area contributed by atoms with Crippen molar-refractivity contribution in [1.82, 2.24) is 19.5 Å². The van der Waals surface area contributed by atoms with E-state index in [1.54, 1.807) is 16.7 Å². The Morgan fingerprint density at radius 2 is 2.08 bits per heavy atom. The summed E-state index contributed by atoms with van der Waals surface area (Å²) in [5, 5.41) is 17.7. The minimum atomic E-state index is -0.678. The fourth-order valence-corrected chi connectivity index (χ4v) is 2.91. The molecule has 0 atom stereocenters. The number of hydrogen-bond donors (Lipinski definition) is 3. The maximum atomic E-state index is 12.9. The van der Waals surface area contributed by atoms with Crippen molar-refractivity contribution in [2.75, 3.05) is 5.73 Å². The Morgan fingerprint density at radius 1 is 1.42 bits per heavy atom. The lowest BCUT2D eigenvalue weighted by Gasteiger charge is -2.23. The second kappa shape index (κ2) is 6.19. The van der Waals surface area contributed by atoms with Crippen molar-refractivity contribution in [2.45, 2.75) is 53.1 Å². The number of nitrogen functional groups attached to an aromatic ring is 1. The molecular weight excluding hydrogens is 334 g/mol. The zero-order valence-corrected chi connectivity index (χ0v) is 15.5. The molecule has 0 bridgehead atoms. The zero-order chi connectivity index (χ0) is 19.2. The number of fused-ring (bicyclic) bond motifs is 1. The van der Waals surface area contributed by atoms with Gasteiger partial charge in [0.2, 0.25) is 5.88 Å². The van der Waals surface area contributed by atoms with Gasteiger partial charge in [0, 0.05) is 12.6 Å². The van der Waals surface area contributed by atoms with Gasteiger partial charge in [-0.25, -0.2) is 0 Å². The number of nitrogens with zero attached hydrogens (tertiary/aromatic N) is 3. The predicted octanol–water partition coefficient (Wildman–Crippen LogP) is 1.76. The first kappa shape index (κ1) is 18.0. The molecule has 0 aliphatic heterocycles. The predicted molar refractivity (Wildman–Crippen MR) is 100 cm³/mol. The molecule has 1 aliphatic carbocycles. The largest absolute Gasteiger partial charge is 0.494 e. The number of aromatic hydroxyl groups is 1. The highest BCUT2D eigenvalue weighted by atomic mass is 16.3. The maximum Gasteiger partial charge on any atom is 0.291 e. The third-order valence-corrected chi connectivity index (χ3v) is 4.17. The lowest BCUT2D eigenvalue weighted by Crippen LogP contribution is -2.35. The lowest BCUT2D eigenvalue weighted by atomic mass is 9.96. The summed E-state index contributed by atoms with van der Waals surface area (Å²) in [6.07, 6.45) is 5.28. The van der Waals surface area contributed by atoms with Gasteiger partial charge in [0.25, 0.3) is 11.5 Å². The van der Waals surface area contributed by atoms with Crippen molar-refractivity contribution in [3.05, 3.63) is 27.6 Å². The summed E-state index contributed by atoms with van der Waals surface area (Å²) >= 11 is 0. The highest BCUT2D eigenvalue weighted by Crippen LogP contribution is 2.29. The van der Waals surface area contributed by atoms with E-state index >= 15 is 0 Å². The van der Waals surface area contributed by atoms with Crippen LogP contribution in [-0.2, 0) is 6.54 Å². The molecule has 0 aromatic carbocycles. The number of carbonyl (C=O) groups excluding carboxylic acids is 1. The van der Waals surface area contributed by atoms with Crippen LogP contribution in [0.4, 0.5) is 5.82 Å². The van der Waals surface area contributed by atoms with Crippen molar-refractivity contribution >= 4 is 23.4 Å². The van der Waals surface area contributed by atoms with Gasteiger partial charge in [-0.15, -0.1) is 5.10 Å². The van der Waals surface area contributed by atoms with Crippen LogP contribution in [0.1, 0.15) is 56.5 Å². The van der Waals surface area contributed by atoms with Crippen LogP contribution in [0.5, 0.6) is 5.88 Å². The lowest BCUT2D eigenvalue weighted by molar-refractivity contribution is 0.0944. The molecule has 8 nitrogen and oxygen atoms in total. The summed E-state index contributed by atoms with van der Waals surface area (Å²) in [6.45, 7) is 8.20. The minimum Gasteiger partial charge on any atom is -0.494 e. The van der Waals surface area contributed by atoms with Crippen molar-refractivity contribution in [3.63, 3.8) is 0 Å². The van der Waals surface area contributed by atoms with Crippen LogP contribution in [0.2, 0.25) is 0 Å². The maximum absolute atomic E-state index is 12.9. The molecule has 0 saturated heterocycles. The average molecular weight is 359 g/mol. The fraction of sp³-hybridized carbons (Fsp3) is 0.500. The van der Waals surface area contributed by atoms with Gasteiger partial charge >= 0.3 is 0 Å². The molecule has 0 radical (unpaired) electrons. The third kappa shape index (κ3) is 3.18. The smallest absolute Gasteiger partial charge is 0.291 e. The molecular formula is C18H25N5O3. The highest BCUT2D eigenvalue weighted by molar-refractivity contribution is 5.97. The number of hydrogen-bond acceptors (Lipinski definition) is 5. The van der Waals surface area contributed by atoms with Crippen LogP contribution in [0.15, 0.2) is 10.9 Å². The van der Waals surface area contributed by atoms with Gasteiger partial charge in [0.1, 0.15) is 0 Å². The first-order chi connectivity index (χ1) is 12.1. The van der Waals surface area contributed by atoms with Crippen LogP contribution in [0.3, 0.4) is 0 Å². The van der Waals surface area contributed by atoms with Gasteiger partial charge in [-0.2, -0.15) is 4.52 Å². The second-order valence-electron chi connectivity index (χ2n) is 7.93. The average Bonchev–Trinajstić information content (AvgIpc) is 3.27. The van der Waals surface area contributed by atoms with E-state index in [1.165, 1.54) is 0 Å². The van der Waals surface area contributed by atoms with Crippen molar-refractivity contribution in [1.29, 1.82) is 0 Å². The van der Waals surface area contributed by atoms with E-state index in [1.807, 2.05) is 27.7 Å². The molecule has 0 unspecified atom stereocenters. The normalized spacial score (nSPS) is 15.1. The summed E-state index contributed by atoms with van der Waals surface area (Å²) in [5.74, 6) is -0.774. The summed E-state index contributed by atoms with van der Waals surface area (Å²) in [4.78, 5) is 25.4. The first-order valence-corrected chi connectivity index (χ1v) is 8.71. The Kier molecular flexibility index (Phi) is 4.29. The Hall–Kier alpha value is -2.77. The van der Waals surface area contributed by atoms with E-state index in [0.29, 0.717) is 17.8 Å². The van der Waals surface area contributed by atoms with Gasteiger partial charge < -0.3 is 16.2 Å². The fourth-order valence-electron chi connectivity index (χ4n) is 2.91. The molecule has 2 aromatic heterocycles. The van der Waals surface area contributed by atoms with E-state index in [2.05, 4.69) is 10.4 Å². The van der Waals surface area contributed by atoms with Gasteiger partial charge in [-0.05, 0) is 25.2 Å². The molecule has 1 saturated carbocycles. The number of amides is 1. The molecule has 26 heavy (non-hydrogen) atoms. The van der Waals surface area contributed by atoms with E-state index in [4.69, 9.17) is 5.73 Å². The summed E-state index contributed by atoms with van der Waals surface area (Å²) < 4.78 is 2.65. The number of allylic oxidation sites excluding steroid dienone is 1. The molecule has 0 spiro atoms. The minimum absolute atomic E-state index is 0.0642. The summed E-state index contributed by atoms with van der Waals surface area (Å²) in [6, 6.07) is 0.0642.